The van der Waals surface area contributed by atoms with E-state index in [2.05, 4.69) is 18.5 Å². The second-order valence-electron chi connectivity index (χ2n) is 3.04. The van der Waals surface area contributed by atoms with E-state index < -0.39 is 0 Å². The summed E-state index contributed by atoms with van der Waals surface area (Å²) in [5, 5.41) is 11.7. The largest absolute Gasteiger partial charge is 0.497 e. The summed E-state index contributed by atoms with van der Waals surface area (Å²) in [5.41, 5.74) is 7.09. The van der Waals surface area contributed by atoms with Crippen molar-refractivity contribution in [1.29, 1.82) is 0 Å². The van der Waals surface area contributed by atoms with E-state index in [1.807, 2.05) is 0 Å². The lowest BCUT2D eigenvalue weighted by atomic mass is 10.1. The monoisotopic (exact) mass is 212 g/mol. The first-order valence-electron chi connectivity index (χ1n) is 4.83. The highest BCUT2D eigenvalue weighted by Gasteiger charge is 2.02. The summed E-state index contributed by atoms with van der Waals surface area (Å²) in [6.07, 6.45) is 3.14. The smallest absolute Gasteiger partial charge is 0.113 e. The van der Waals surface area contributed by atoms with Gasteiger partial charge in [0.2, 0.25) is 0 Å². The van der Waals surface area contributed by atoms with E-state index in [1.54, 1.807) is 13.2 Å². The molecule has 0 aliphatic carbocycles. The number of rotatable bonds is 8. The Morgan fingerprint density at radius 3 is 2.67 bits per heavy atom. The Labute approximate surface area is 91.1 Å². The number of hydrogen-bond acceptors (Lipinski definition) is 4. The summed E-state index contributed by atoms with van der Waals surface area (Å²) in [4.78, 5) is 0. The average molecular weight is 212 g/mol. The third-order valence-electron chi connectivity index (χ3n) is 1.88. The number of ether oxygens (including phenoxy) is 1. The van der Waals surface area contributed by atoms with E-state index in [4.69, 9.17) is 15.6 Å². The van der Waals surface area contributed by atoms with Gasteiger partial charge >= 0.3 is 0 Å². The molecule has 0 saturated heterocycles. The lowest BCUT2D eigenvalue weighted by Gasteiger charge is -2.12. The van der Waals surface area contributed by atoms with Crippen molar-refractivity contribution in [3.05, 3.63) is 36.3 Å². The topological polar surface area (TPSA) is 67.5 Å². The molecule has 0 amide bonds. The van der Waals surface area contributed by atoms with Crippen LogP contribution in [0, 0.1) is 0 Å². The standard InChI is InChI=1S/C11H20N2O2/c1-9(5-4-6-14)11(13-8-12)7-10(2)15-3/h7,13-14H,1-2,4-6,8,12H2,3H3/b11-7+. The van der Waals surface area contributed by atoms with E-state index in [1.165, 1.54) is 0 Å². The molecular formula is C11H20N2O2. The second kappa shape index (κ2) is 8.08. The van der Waals surface area contributed by atoms with Gasteiger partial charge in [-0.15, -0.1) is 0 Å². The summed E-state index contributed by atoms with van der Waals surface area (Å²) in [6, 6.07) is 0. The summed E-state index contributed by atoms with van der Waals surface area (Å²) >= 11 is 0. The van der Waals surface area contributed by atoms with Crippen LogP contribution in [0.2, 0.25) is 0 Å². The van der Waals surface area contributed by atoms with Gasteiger partial charge in [-0.3, -0.25) is 0 Å². The van der Waals surface area contributed by atoms with Gasteiger partial charge in [-0.2, -0.15) is 0 Å². The highest BCUT2D eigenvalue weighted by Crippen LogP contribution is 2.13. The maximum atomic E-state index is 8.71. The molecule has 0 spiro atoms. The Hall–Kier alpha value is -1.26. The molecule has 0 aliphatic rings. The first-order chi connectivity index (χ1) is 7.15. The molecule has 0 aliphatic heterocycles. The van der Waals surface area contributed by atoms with E-state index >= 15 is 0 Å². The third kappa shape index (κ3) is 5.93. The molecule has 15 heavy (non-hydrogen) atoms. The van der Waals surface area contributed by atoms with Crippen molar-refractivity contribution in [3.8, 4) is 0 Å². The van der Waals surface area contributed by atoms with Crippen LogP contribution in [0.3, 0.4) is 0 Å². The Morgan fingerprint density at radius 2 is 2.20 bits per heavy atom. The molecule has 0 unspecified atom stereocenters. The van der Waals surface area contributed by atoms with Crippen molar-refractivity contribution < 1.29 is 9.84 Å². The van der Waals surface area contributed by atoms with Crippen LogP contribution in [0.15, 0.2) is 36.3 Å². The molecule has 0 aromatic heterocycles. The van der Waals surface area contributed by atoms with Gasteiger partial charge in [0.05, 0.1) is 13.8 Å². The minimum atomic E-state index is 0.153. The normalized spacial score (nSPS) is 11.0. The lowest BCUT2D eigenvalue weighted by Crippen LogP contribution is -2.22. The number of aliphatic hydroxyl groups is 1. The summed E-state index contributed by atoms with van der Waals surface area (Å²) in [7, 11) is 1.55. The van der Waals surface area contributed by atoms with Crippen LogP contribution in [-0.2, 0) is 4.74 Å². The maximum Gasteiger partial charge on any atom is 0.113 e. The Bertz CT molecular complexity index is 247. The highest BCUT2D eigenvalue weighted by atomic mass is 16.5. The molecule has 86 valence electrons. The van der Waals surface area contributed by atoms with Crippen LogP contribution >= 0.6 is 0 Å². The molecule has 0 bridgehead atoms. The van der Waals surface area contributed by atoms with Crippen molar-refractivity contribution >= 4 is 0 Å². The van der Waals surface area contributed by atoms with E-state index in [0.717, 1.165) is 11.3 Å². The summed E-state index contributed by atoms with van der Waals surface area (Å²) in [6.45, 7) is 8.07. The van der Waals surface area contributed by atoms with Crippen molar-refractivity contribution in [1.82, 2.24) is 5.32 Å². The van der Waals surface area contributed by atoms with Crippen molar-refractivity contribution in [3.63, 3.8) is 0 Å². The van der Waals surface area contributed by atoms with E-state index in [-0.39, 0.29) is 6.61 Å². The molecule has 0 saturated carbocycles. The third-order valence-corrected chi connectivity index (χ3v) is 1.88. The quantitative estimate of drug-likeness (QED) is 0.317. The first-order valence-corrected chi connectivity index (χ1v) is 4.83. The SMILES string of the molecule is C=C(/C=C(/NCN)C(=C)CCCO)OC. The average Bonchev–Trinajstić information content (AvgIpc) is 2.24. The van der Waals surface area contributed by atoms with Crippen molar-refractivity contribution in [2.75, 3.05) is 20.4 Å². The van der Waals surface area contributed by atoms with E-state index in [0.29, 0.717) is 25.3 Å². The minimum Gasteiger partial charge on any atom is -0.497 e. The van der Waals surface area contributed by atoms with Gasteiger partial charge in [0.25, 0.3) is 0 Å². The number of nitrogens with one attached hydrogen (secondary N) is 1. The summed E-state index contributed by atoms with van der Waals surface area (Å²) < 4.78 is 4.94. The second-order valence-corrected chi connectivity index (χ2v) is 3.04. The first kappa shape index (κ1) is 13.7. The molecule has 0 aromatic rings. The fraction of sp³-hybridized carbons (Fsp3) is 0.455. The zero-order chi connectivity index (χ0) is 11.7. The van der Waals surface area contributed by atoms with Gasteiger partial charge in [-0.1, -0.05) is 13.2 Å². The molecule has 4 heteroatoms. The molecule has 0 fully saturated rings. The molecule has 4 N–H and O–H groups in total. The predicted molar refractivity (Wildman–Crippen MR) is 61.9 cm³/mol. The van der Waals surface area contributed by atoms with Crippen LogP contribution in [0.25, 0.3) is 0 Å². The van der Waals surface area contributed by atoms with Gasteiger partial charge < -0.3 is 20.9 Å². The molecule has 0 heterocycles. The van der Waals surface area contributed by atoms with Gasteiger partial charge in [-0.25, -0.2) is 0 Å². The van der Waals surface area contributed by atoms with Crippen LogP contribution in [0.5, 0.6) is 0 Å². The van der Waals surface area contributed by atoms with Crippen LogP contribution in [0.1, 0.15) is 12.8 Å². The van der Waals surface area contributed by atoms with Crippen molar-refractivity contribution in [2.45, 2.75) is 12.8 Å². The van der Waals surface area contributed by atoms with E-state index in [9.17, 15) is 0 Å². The minimum absolute atomic E-state index is 0.153. The van der Waals surface area contributed by atoms with Gasteiger partial charge in [0.1, 0.15) is 5.76 Å². The number of methoxy groups -OCH3 is 1. The molecule has 4 nitrogen and oxygen atoms in total. The number of allylic oxidation sites excluding steroid dienone is 2. The number of aliphatic hydroxyl groups excluding tert-OH is 1. The number of nitrogens with two attached hydrogens (primary N) is 1. The highest BCUT2D eigenvalue weighted by molar-refractivity contribution is 5.31. The maximum absolute atomic E-state index is 8.71. The van der Waals surface area contributed by atoms with Crippen LogP contribution < -0.4 is 11.1 Å². The predicted octanol–water partition coefficient (Wildman–Crippen LogP) is 0.865. The van der Waals surface area contributed by atoms with Gasteiger partial charge in [0, 0.05) is 18.4 Å². The lowest BCUT2D eigenvalue weighted by molar-refractivity contribution is 0.288. The molecular weight excluding hydrogens is 192 g/mol. The molecule has 0 radical (unpaired) electrons. The fourth-order valence-corrected chi connectivity index (χ4v) is 1.04. The van der Waals surface area contributed by atoms with Crippen LogP contribution in [0.4, 0.5) is 0 Å². The Kier molecular flexibility index (Phi) is 7.40. The zero-order valence-corrected chi connectivity index (χ0v) is 9.25. The molecule has 0 atom stereocenters. The van der Waals surface area contributed by atoms with Crippen LogP contribution in [-0.4, -0.2) is 25.5 Å². The Balaban J connectivity index is 4.43. The summed E-state index contributed by atoms with van der Waals surface area (Å²) in [5.74, 6) is 0.538. The molecule has 0 aromatic carbocycles. The zero-order valence-electron chi connectivity index (χ0n) is 9.25. The van der Waals surface area contributed by atoms with Gasteiger partial charge in [-0.05, 0) is 18.4 Å². The Morgan fingerprint density at radius 1 is 1.53 bits per heavy atom. The van der Waals surface area contributed by atoms with Gasteiger partial charge in [0.15, 0.2) is 0 Å². The number of hydrogen-bond donors (Lipinski definition) is 3. The fourth-order valence-electron chi connectivity index (χ4n) is 1.04. The molecule has 0 rings (SSSR count). The van der Waals surface area contributed by atoms with Crippen molar-refractivity contribution in [2.24, 2.45) is 5.73 Å².